The van der Waals surface area contributed by atoms with E-state index in [0.29, 0.717) is 5.56 Å². The van der Waals surface area contributed by atoms with Crippen molar-refractivity contribution in [2.45, 2.75) is 18.6 Å². The number of fused-ring (bicyclic) bond motifs is 1. The molecule has 3 aromatic rings. The van der Waals surface area contributed by atoms with Gasteiger partial charge in [0.25, 0.3) is 0 Å². The number of benzene rings is 3. The van der Waals surface area contributed by atoms with Crippen LogP contribution in [0.5, 0.6) is 51.7 Å². The van der Waals surface area contributed by atoms with Crippen molar-refractivity contribution in [3.05, 3.63) is 53.1 Å². The Morgan fingerprint density at radius 2 is 1.41 bits per heavy atom. The number of esters is 1. The Kier molecular flexibility index (Phi) is 5.53. The third kappa shape index (κ3) is 3.94. The maximum absolute atomic E-state index is 12.8. The lowest BCUT2D eigenvalue weighted by molar-refractivity contribution is -0.0189. The molecule has 0 saturated carbocycles. The molecule has 178 valence electrons. The second-order valence-electron chi connectivity index (χ2n) is 7.58. The third-order valence-electron chi connectivity index (χ3n) is 5.35. The quantitative estimate of drug-likeness (QED) is 0.218. The molecule has 0 fully saturated rings. The van der Waals surface area contributed by atoms with Gasteiger partial charge in [0, 0.05) is 29.7 Å². The standard InChI is InChI=1S/C23H20O11/c1-32-17-6-11(24)7-18-12(17)8-19(22(33-18)9-2-13(25)20(29)14(26)3-9)34-23(31)10-4-15(27)21(30)16(28)5-10/h2-7,19,22,24-30H,8H2,1H3. The number of methoxy groups -OCH3 is 1. The number of hydrogen-bond donors (Lipinski definition) is 7. The number of ether oxygens (including phenoxy) is 3. The van der Waals surface area contributed by atoms with Crippen molar-refractivity contribution in [2.75, 3.05) is 7.11 Å². The normalized spacial score (nSPS) is 16.9. The molecular weight excluding hydrogens is 452 g/mol. The van der Waals surface area contributed by atoms with Crippen molar-refractivity contribution in [1.29, 1.82) is 0 Å². The van der Waals surface area contributed by atoms with Crippen molar-refractivity contribution in [3.63, 3.8) is 0 Å². The predicted octanol–water partition coefficient (Wildman–Crippen LogP) is 2.54. The molecule has 1 aliphatic rings. The van der Waals surface area contributed by atoms with Gasteiger partial charge in [-0.15, -0.1) is 0 Å². The van der Waals surface area contributed by atoms with Gasteiger partial charge in [-0.05, 0) is 24.3 Å². The molecule has 3 aromatic carbocycles. The molecule has 11 nitrogen and oxygen atoms in total. The zero-order valence-electron chi connectivity index (χ0n) is 17.6. The Labute approximate surface area is 191 Å². The van der Waals surface area contributed by atoms with E-state index >= 15 is 0 Å². The van der Waals surface area contributed by atoms with Crippen LogP contribution in [0.2, 0.25) is 0 Å². The lowest BCUT2D eigenvalue weighted by Crippen LogP contribution is -2.35. The van der Waals surface area contributed by atoms with Gasteiger partial charge in [0.15, 0.2) is 40.6 Å². The second kappa shape index (κ2) is 8.35. The Morgan fingerprint density at radius 3 is 1.97 bits per heavy atom. The highest BCUT2D eigenvalue weighted by molar-refractivity contribution is 5.91. The zero-order chi connectivity index (χ0) is 24.7. The summed E-state index contributed by atoms with van der Waals surface area (Å²) in [5.74, 6) is -5.00. The molecule has 0 amide bonds. The van der Waals surface area contributed by atoms with E-state index in [4.69, 9.17) is 14.2 Å². The zero-order valence-corrected chi connectivity index (χ0v) is 17.6. The topological polar surface area (TPSA) is 186 Å². The molecule has 0 bridgehead atoms. The predicted molar refractivity (Wildman–Crippen MR) is 114 cm³/mol. The molecule has 0 aliphatic carbocycles. The number of rotatable bonds is 4. The fourth-order valence-electron chi connectivity index (χ4n) is 3.72. The summed E-state index contributed by atoms with van der Waals surface area (Å²) in [5, 5.41) is 68.5. The number of phenols is 7. The Bertz CT molecular complexity index is 1240. The van der Waals surface area contributed by atoms with Crippen molar-refractivity contribution >= 4 is 5.97 Å². The summed E-state index contributed by atoms with van der Waals surface area (Å²) >= 11 is 0. The van der Waals surface area contributed by atoms with Crippen LogP contribution < -0.4 is 9.47 Å². The second-order valence-corrected chi connectivity index (χ2v) is 7.58. The molecular formula is C23H20O11. The van der Waals surface area contributed by atoms with Crippen LogP contribution in [0.3, 0.4) is 0 Å². The highest BCUT2D eigenvalue weighted by Crippen LogP contribution is 2.46. The molecule has 34 heavy (non-hydrogen) atoms. The van der Waals surface area contributed by atoms with Gasteiger partial charge in [0.05, 0.1) is 12.7 Å². The first-order valence-corrected chi connectivity index (χ1v) is 9.86. The largest absolute Gasteiger partial charge is 0.508 e. The molecule has 4 rings (SSSR count). The van der Waals surface area contributed by atoms with E-state index in [1.807, 2.05) is 0 Å². The fourth-order valence-corrected chi connectivity index (χ4v) is 3.72. The fraction of sp³-hybridized carbons (Fsp3) is 0.174. The van der Waals surface area contributed by atoms with Crippen molar-refractivity contribution in [3.8, 4) is 51.7 Å². The van der Waals surface area contributed by atoms with Gasteiger partial charge in [-0.1, -0.05) is 0 Å². The molecule has 0 spiro atoms. The minimum absolute atomic E-state index is 0.00758. The summed E-state index contributed by atoms with van der Waals surface area (Å²) in [6.45, 7) is 0. The molecule has 2 atom stereocenters. The molecule has 0 saturated heterocycles. The molecule has 0 radical (unpaired) electrons. The number of carbonyl (C=O) groups is 1. The van der Waals surface area contributed by atoms with Crippen LogP contribution in [0.15, 0.2) is 36.4 Å². The van der Waals surface area contributed by atoms with E-state index in [2.05, 4.69) is 0 Å². The lowest BCUT2D eigenvalue weighted by atomic mass is 9.93. The van der Waals surface area contributed by atoms with Gasteiger partial charge < -0.3 is 50.0 Å². The van der Waals surface area contributed by atoms with E-state index in [9.17, 15) is 40.5 Å². The minimum atomic E-state index is -1.13. The maximum Gasteiger partial charge on any atom is 0.338 e. The minimum Gasteiger partial charge on any atom is -0.508 e. The van der Waals surface area contributed by atoms with E-state index in [1.54, 1.807) is 0 Å². The average molecular weight is 472 g/mol. The van der Waals surface area contributed by atoms with Crippen LogP contribution in [-0.4, -0.2) is 54.9 Å². The Balaban J connectivity index is 1.76. The summed E-state index contributed by atoms with van der Waals surface area (Å²) in [7, 11) is 1.38. The van der Waals surface area contributed by atoms with Gasteiger partial charge in [-0.25, -0.2) is 4.79 Å². The third-order valence-corrected chi connectivity index (χ3v) is 5.35. The van der Waals surface area contributed by atoms with E-state index in [-0.39, 0.29) is 34.8 Å². The van der Waals surface area contributed by atoms with Crippen molar-refractivity contribution in [1.82, 2.24) is 0 Å². The number of aromatic hydroxyl groups is 7. The molecule has 1 heterocycles. The van der Waals surface area contributed by atoms with E-state index in [1.165, 1.54) is 19.2 Å². The monoisotopic (exact) mass is 472 g/mol. The average Bonchev–Trinajstić information content (AvgIpc) is 2.79. The number of phenolic OH excluding ortho intramolecular Hbond substituents is 7. The molecule has 11 heteroatoms. The summed E-state index contributed by atoms with van der Waals surface area (Å²) in [6.07, 6.45) is -2.22. The van der Waals surface area contributed by atoms with Crippen molar-refractivity contribution in [2.24, 2.45) is 0 Å². The molecule has 2 unspecified atom stereocenters. The number of hydrogen-bond acceptors (Lipinski definition) is 11. The molecule has 1 aliphatic heterocycles. The van der Waals surface area contributed by atoms with E-state index in [0.717, 1.165) is 24.3 Å². The number of carbonyl (C=O) groups excluding carboxylic acids is 1. The first-order chi connectivity index (χ1) is 16.1. The smallest absolute Gasteiger partial charge is 0.338 e. The highest BCUT2D eigenvalue weighted by atomic mass is 16.6. The summed E-state index contributed by atoms with van der Waals surface area (Å²) in [5.41, 5.74) is 0.319. The van der Waals surface area contributed by atoms with Gasteiger partial charge in [0.1, 0.15) is 23.4 Å². The summed E-state index contributed by atoms with van der Waals surface area (Å²) in [6, 6.07) is 6.70. The van der Waals surface area contributed by atoms with Crippen molar-refractivity contribution < 1.29 is 54.8 Å². The molecule has 7 N–H and O–H groups in total. The van der Waals surface area contributed by atoms with Gasteiger partial charge >= 0.3 is 5.97 Å². The Hall–Kier alpha value is -4.67. The SMILES string of the molecule is COc1cc(O)cc2c1CC(OC(=O)c1cc(O)c(O)c(O)c1)C(c1cc(O)c(O)c(O)c1)O2. The first-order valence-electron chi connectivity index (χ1n) is 9.86. The van der Waals surface area contributed by atoms with E-state index < -0.39 is 52.7 Å². The maximum atomic E-state index is 12.8. The van der Waals surface area contributed by atoms with Crippen LogP contribution in [0.4, 0.5) is 0 Å². The van der Waals surface area contributed by atoms with Crippen LogP contribution in [0.25, 0.3) is 0 Å². The van der Waals surface area contributed by atoms with Crippen LogP contribution in [0, 0.1) is 0 Å². The van der Waals surface area contributed by atoms with Gasteiger partial charge in [-0.2, -0.15) is 0 Å². The highest BCUT2D eigenvalue weighted by Gasteiger charge is 2.37. The Morgan fingerprint density at radius 1 is 0.853 bits per heavy atom. The summed E-state index contributed by atoms with van der Waals surface area (Å²) in [4.78, 5) is 12.8. The van der Waals surface area contributed by atoms with Crippen LogP contribution in [0.1, 0.15) is 27.6 Å². The lowest BCUT2D eigenvalue weighted by Gasteiger charge is -2.34. The van der Waals surface area contributed by atoms with Crippen LogP contribution >= 0.6 is 0 Å². The first kappa shape index (κ1) is 22.5. The summed E-state index contributed by atoms with van der Waals surface area (Å²) < 4.78 is 16.8. The van der Waals surface area contributed by atoms with Crippen LogP contribution in [-0.2, 0) is 11.2 Å². The van der Waals surface area contributed by atoms with Gasteiger partial charge in [0.2, 0.25) is 0 Å². The molecule has 0 aromatic heterocycles. The van der Waals surface area contributed by atoms with Gasteiger partial charge in [-0.3, -0.25) is 0 Å².